The van der Waals surface area contributed by atoms with E-state index in [1.54, 1.807) is 0 Å². The molecule has 24 heavy (non-hydrogen) atoms. The molecule has 1 saturated heterocycles. The highest BCUT2D eigenvalue weighted by atomic mass is 32.2. The highest BCUT2D eigenvalue weighted by Crippen LogP contribution is 2.18. The first kappa shape index (κ1) is 25.8. The summed E-state index contributed by atoms with van der Waals surface area (Å²) in [5, 5.41) is 16.0. The Morgan fingerprint density at radius 3 is 1.04 bits per heavy atom. The Balaban J connectivity index is 0. The first-order valence-corrected chi connectivity index (χ1v) is 9.63. The van der Waals surface area contributed by atoms with Gasteiger partial charge < -0.3 is 21.2 Å². The lowest BCUT2D eigenvalue weighted by molar-refractivity contribution is 0.0288. The third-order valence-corrected chi connectivity index (χ3v) is 6.11. The van der Waals surface area contributed by atoms with Crippen molar-refractivity contribution in [2.75, 3.05) is 26.2 Å². The molecule has 0 saturated carbocycles. The Morgan fingerprint density at radius 1 is 0.708 bits per heavy atom. The van der Waals surface area contributed by atoms with Crippen molar-refractivity contribution in [1.29, 1.82) is 0 Å². The maximum Gasteiger partial charge on any atom is 0.283 e. The molecule has 14 heteroatoms. The van der Waals surface area contributed by atoms with Crippen molar-refractivity contribution < 1.29 is 47.1 Å². The molecule has 0 aromatic rings. The summed E-state index contributed by atoms with van der Waals surface area (Å²) in [6.45, 7) is 2.59. The van der Waals surface area contributed by atoms with Crippen LogP contribution in [0.2, 0.25) is 0 Å². The van der Waals surface area contributed by atoms with Gasteiger partial charge in [-0.2, -0.15) is 16.8 Å². The molecular formula is C10H26N2O10S2. The fraction of sp³-hybridized carbons (Fsp3) is 1.00. The molecule has 4 unspecified atom stereocenters. The van der Waals surface area contributed by atoms with Crippen molar-refractivity contribution in [1.82, 2.24) is 9.80 Å². The van der Waals surface area contributed by atoms with Crippen molar-refractivity contribution in [3.63, 3.8) is 0 Å². The molecule has 148 valence electrons. The van der Waals surface area contributed by atoms with Crippen molar-refractivity contribution in [2.24, 2.45) is 0 Å². The van der Waals surface area contributed by atoms with Gasteiger partial charge in [0, 0.05) is 26.2 Å². The van der Waals surface area contributed by atoms with Gasteiger partial charge >= 0.3 is 0 Å². The van der Waals surface area contributed by atoms with E-state index in [1.165, 1.54) is 23.6 Å². The van der Waals surface area contributed by atoms with Crippen LogP contribution in [0.1, 0.15) is 13.8 Å². The molecule has 0 spiro atoms. The van der Waals surface area contributed by atoms with Crippen molar-refractivity contribution in [2.45, 2.75) is 36.8 Å². The third-order valence-electron chi connectivity index (χ3n) is 3.50. The lowest BCUT2D eigenvalue weighted by Gasteiger charge is -2.41. The second kappa shape index (κ2) is 9.33. The number of aliphatic hydroxyl groups excluding tert-OH is 2. The molecule has 0 aromatic heterocycles. The summed E-state index contributed by atoms with van der Waals surface area (Å²) < 4.78 is 63.6. The van der Waals surface area contributed by atoms with Gasteiger partial charge in [0.15, 0.2) is 10.7 Å². The van der Waals surface area contributed by atoms with Crippen LogP contribution in [0, 0.1) is 0 Å². The highest BCUT2D eigenvalue weighted by Gasteiger charge is 2.40. The Morgan fingerprint density at radius 2 is 0.917 bits per heavy atom. The predicted octanol–water partition coefficient (Wildman–Crippen LogP) is -3.86. The van der Waals surface area contributed by atoms with Crippen LogP contribution in [0.25, 0.3) is 0 Å². The van der Waals surface area contributed by atoms with E-state index in [-0.39, 0.29) is 37.1 Å². The number of rotatable bonds is 6. The summed E-state index contributed by atoms with van der Waals surface area (Å²) in [5.41, 5.74) is 0. The Labute approximate surface area is 140 Å². The van der Waals surface area contributed by atoms with Crippen LogP contribution in [-0.4, -0.2) is 106 Å². The lowest BCUT2D eigenvalue weighted by atomic mass is 10.2. The van der Waals surface area contributed by atoms with Crippen LogP contribution < -0.4 is 0 Å². The number of hydrogen-bond donors (Lipinski definition) is 4. The van der Waals surface area contributed by atoms with Crippen molar-refractivity contribution >= 4 is 20.2 Å². The van der Waals surface area contributed by atoms with Gasteiger partial charge in [-0.05, 0) is 13.8 Å². The number of piperazine rings is 1. The summed E-state index contributed by atoms with van der Waals surface area (Å²) >= 11 is 0. The molecule has 0 radical (unpaired) electrons. The largest absolute Gasteiger partial charge is 0.412 e. The van der Waals surface area contributed by atoms with E-state index in [0.29, 0.717) is 0 Å². The Kier molecular flexibility index (Phi) is 10.0. The molecule has 4 atom stereocenters. The first-order chi connectivity index (χ1) is 9.85. The molecule has 0 aliphatic carbocycles. The zero-order valence-electron chi connectivity index (χ0n) is 13.3. The second-order valence-corrected chi connectivity index (χ2v) is 8.39. The van der Waals surface area contributed by atoms with Gasteiger partial charge in [0.25, 0.3) is 20.2 Å². The molecule has 8 N–H and O–H groups in total. The molecule has 12 nitrogen and oxygen atoms in total. The summed E-state index contributed by atoms with van der Waals surface area (Å²) in [4.78, 5) is 2.61. The molecule has 0 aromatic carbocycles. The standard InChI is InChI=1S/C10H22N2O8S2.2H2O/c1-7(13)9(21(15,16)17)11-3-5-12(6-4-11)10(8(2)14)22(18,19)20;;/h7-10,13-14H,3-6H2,1-2H3,(H,15,16,17)(H,18,19,20);2*1H2. The van der Waals surface area contributed by atoms with E-state index in [2.05, 4.69) is 0 Å². The van der Waals surface area contributed by atoms with Crippen molar-refractivity contribution in [3.8, 4) is 0 Å². The van der Waals surface area contributed by atoms with E-state index in [0.717, 1.165) is 0 Å². The van der Waals surface area contributed by atoms with Gasteiger partial charge in [-0.15, -0.1) is 0 Å². The molecule has 0 amide bonds. The van der Waals surface area contributed by atoms with Gasteiger partial charge in [0.05, 0.1) is 12.2 Å². The minimum Gasteiger partial charge on any atom is -0.412 e. The van der Waals surface area contributed by atoms with E-state index < -0.39 is 43.2 Å². The quantitative estimate of drug-likeness (QED) is 0.319. The highest BCUT2D eigenvalue weighted by molar-refractivity contribution is 7.86. The maximum absolute atomic E-state index is 11.3. The number of nitrogens with zero attached hydrogens (tertiary/aromatic N) is 2. The zero-order valence-corrected chi connectivity index (χ0v) is 14.9. The summed E-state index contributed by atoms with van der Waals surface area (Å²) in [6.07, 6.45) is -2.67. The van der Waals surface area contributed by atoms with Crippen molar-refractivity contribution in [3.05, 3.63) is 0 Å². The van der Waals surface area contributed by atoms with Crippen LogP contribution in [0.15, 0.2) is 0 Å². The summed E-state index contributed by atoms with van der Waals surface area (Å²) in [6, 6.07) is 0. The van der Waals surface area contributed by atoms with E-state index in [1.807, 2.05) is 0 Å². The van der Waals surface area contributed by atoms with Crippen LogP contribution in [0.5, 0.6) is 0 Å². The van der Waals surface area contributed by atoms with Crippen LogP contribution >= 0.6 is 0 Å². The van der Waals surface area contributed by atoms with Gasteiger partial charge in [-0.25, -0.2) is 0 Å². The molecule has 1 aliphatic rings. The smallest absolute Gasteiger partial charge is 0.283 e. The average molecular weight is 398 g/mol. The van der Waals surface area contributed by atoms with E-state index in [9.17, 15) is 36.2 Å². The molecular weight excluding hydrogens is 372 g/mol. The fourth-order valence-corrected chi connectivity index (χ4v) is 4.90. The summed E-state index contributed by atoms with van der Waals surface area (Å²) in [7, 11) is -9.01. The molecule has 0 bridgehead atoms. The van der Waals surface area contributed by atoms with E-state index >= 15 is 0 Å². The van der Waals surface area contributed by atoms with Gasteiger partial charge in [0.1, 0.15) is 0 Å². The zero-order chi connectivity index (χ0) is 17.3. The van der Waals surface area contributed by atoms with Gasteiger partial charge in [-0.3, -0.25) is 18.9 Å². The van der Waals surface area contributed by atoms with Crippen LogP contribution in [0.4, 0.5) is 0 Å². The third kappa shape index (κ3) is 6.47. The Hall–Kier alpha value is -0.420. The normalized spacial score (nSPS) is 22.6. The minimum atomic E-state index is -4.51. The second-order valence-electron chi connectivity index (χ2n) is 5.36. The van der Waals surface area contributed by atoms with Gasteiger partial charge in [-0.1, -0.05) is 0 Å². The first-order valence-electron chi connectivity index (χ1n) is 6.62. The monoisotopic (exact) mass is 398 g/mol. The number of aliphatic hydroxyl groups is 2. The number of hydrogen-bond acceptors (Lipinski definition) is 8. The average Bonchev–Trinajstić information content (AvgIpc) is 2.26. The SMILES string of the molecule is CC(O)C(N1CCN(C(C(C)O)S(=O)(=O)O)CC1)S(=O)(=O)O.O.O. The fourth-order valence-electron chi connectivity index (χ4n) is 2.73. The minimum absolute atomic E-state index is 0. The molecule has 1 fully saturated rings. The van der Waals surface area contributed by atoms with E-state index in [4.69, 9.17) is 0 Å². The predicted molar refractivity (Wildman–Crippen MR) is 84.4 cm³/mol. The van der Waals surface area contributed by atoms with Crippen LogP contribution in [0.3, 0.4) is 0 Å². The van der Waals surface area contributed by atoms with Gasteiger partial charge in [0.2, 0.25) is 0 Å². The lowest BCUT2D eigenvalue weighted by Crippen LogP contribution is -2.60. The Bertz CT molecular complexity index is 516. The molecule has 1 heterocycles. The maximum atomic E-state index is 11.3. The molecule has 1 rings (SSSR count). The summed E-state index contributed by atoms with van der Waals surface area (Å²) in [5.74, 6) is 0. The van der Waals surface area contributed by atoms with Crippen LogP contribution in [-0.2, 0) is 20.2 Å². The molecule has 1 aliphatic heterocycles. The topological polar surface area (TPSA) is 219 Å².